The average Bonchev–Trinajstić information content (AvgIpc) is 2.89. The molecule has 0 spiro atoms. The summed E-state index contributed by atoms with van der Waals surface area (Å²) < 4.78 is 0. The molecule has 2 heterocycles. The van der Waals surface area contributed by atoms with Crippen LogP contribution in [0.15, 0.2) is 30.6 Å². The number of pyridine rings is 1. The number of nitrogens with one attached hydrogen (secondary N) is 1. The molecular weight excluding hydrogens is 252 g/mol. The first-order chi connectivity index (χ1) is 9.38. The maximum absolute atomic E-state index is 4.26. The van der Waals surface area contributed by atoms with E-state index in [4.69, 9.17) is 0 Å². The molecule has 1 unspecified atom stereocenters. The van der Waals surface area contributed by atoms with Crippen LogP contribution in [0.3, 0.4) is 0 Å². The molecule has 3 heteroatoms. The van der Waals surface area contributed by atoms with Crippen LogP contribution in [0.5, 0.6) is 0 Å². The standard InChI is InChI=1S/C16H20N2S/c1-2-18-16(13-7-5-9-17-11-13)15-10-12-6-3-4-8-14(12)19-15/h5,7,9-11,16,18H,2-4,6,8H2,1H3. The molecule has 0 saturated carbocycles. The van der Waals surface area contributed by atoms with E-state index in [1.807, 2.05) is 29.8 Å². The minimum absolute atomic E-state index is 0.300. The molecule has 0 amide bonds. The number of rotatable bonds is 4. The van der Waals surface area contributed by atoms with Gasteiger partial charge in [-0.05, 0) is 55.5 Å². The van der Waals surface area contributed by atoms with E-state index in [0.29, 0.717) is 6.04 Å². The number of hydrogen-bond acceptors (Lipinski definition) is 3. The summed E-state index contributed by atoms with van der Waals surface area (Å²) in [5.74, 6) is 0. The van der Waals surface area contributed by atoms with Crippen molar-refractivity contribution in [3.05, 3.63) is 51.5 Å². The van der Waals surface area contributed by atoms with Gasteiger partial charge in [0.25, 0.3) is 0 Å². The lowest BCUT2D eigenvalue weighted by Crippen LogP contribution is -2.21. The molecule has 0 aliphatic heterocycles. The third-order valence-electron chi connectivity index (χ3n) is 3.73. The highest BCUT2D eigenvalue weighted by Crippen LogP contribution is 2.35. The second-order valence-electron chi connectivity index (χ2n) is 5.08. The highest BCUT2D eigenvalue weighted by Gasteiger charge is 2.19. The summed E-state index contributed by atoms with van der Waals surface area (Å²) in [6, 6.07) is 6.90. The Labute approximate surface area is 118 Å². The Morgan fingerprint density at radius 2 is 2.26 bits per heavy atom. The number of thiophene rings is 1. The summed E-state index contributed by atoms with van der Waals surface area (Å²) in [7, 11) is 0. The predicted molar refractivity (Wildman–Crippen MR) is 80.7 cm³/mol. The third-order valence-corrected chi connectivity index (χ3v) is 5.03. The maximum Gasteiger partial charge on any atom is 0.0686 e. The summed E-state index contributed by atoms with van der Waals surface area (Å²) in [5, 5.41) is 3.59. The molecule has 19 heavy (non-hydrogen) atoms. The third kappa shape index (κ3) is 2.72. The SMILES string of the molecule is CCNC(c1cccnc1)c1cc2c(s1)CCCC2. The molecule has 0 fully saturated rings. The van der Waals surface area contributed by atoms with Gasteiger partial charge >= 0.3 is 0 Å². The fourth-order valence-corrected chi connectivity index (χ4v) is 4.15. The van der Waals surface area contributed by atoms with Gasteiger partial charge < -0.3 is 5.32 Å². The van der Waals surface area contributed by atoms with E-state index in [1.165, 1.54) is 36.1 Å². The Hall–Kier alpha value is -1.19. The van der Waals surface area contributed by atoms with Gasteiger partial charge in [-0.2, -0.15) is 0 Å². The van der Waals surface area contributed by atoms with E-state index < -0.39 is 0 Å². The fourth-order valence-electron chi connectivity index (χ4n) is 2.79. The van der Waals surface area contributed by atoms with Crippen LogP contribution in [-0.2, 0) is 12.8 Å². The predicted octanol–water partition coefficient (Wildman–Crippen LogP) is 3.72. The van der Waals surface area contributed by atoms with Crippen LogP contribution in [-0.4, -0.2) is 11.5 Å². The molecular formula is C16H20N2S. The van der Waals surface area contributed by atoms with Crippen molar-refractivity contribution in [3.8, 4) is 0 Å². The van der Waals surface area contributed by atoms with E-state index in [2.05, 4.69) is 29.4 Å². The summed E-state index contributed by atoms with van der Waals surface area (Å²) in [5.41, 5.74) is 2.85. The number of fused-ring (bicyclic) bond motifs is 1. The molecule has 2 nitrogen and oxygen atoms in total. The highest BCUT2D eigenvalue weighted by molar-refractivity contribution is 7.12. The average molecular weight is 272 g/mol. The summed E-state index contributed by atoms with van der Waals surface area (Å²) >= 11 is 1.99. The Morgan fingerprint density at radius 3 is 3.00 bits per heavy atom. The first kappa shape index (κ1) is 12.8. The zero-order valence-electron chi connectivity index (χ0n) is 11.4. The minimum Gasteiger partial charge on any atom is -0.306 e. The van der Waals surface area contributed by atoms with Gasteiger partial charge in [-0.3, -0.25) is 4.98 Å². The lowest BCUT2D eigenvalue weighted by Gasteiger charge is -2.16. The summed E-state index contributed by atoms with van der Waals surface area (Å²) in [6.45, 7) is 3.14. The van der Waals surface area contributed by atoms with Crippen molar-refractivity contribution in [1.29, 1.82) is 0 Å². The first-order valence-corrected chi connectivity index (χ1v) is 7.95. The van der Waals surface area contributed by atoms with Crippen molar-refractivity contribution < 1.29 is 0 Å². The first-order valence-electron chi connectivity index (χ1n) is 7.13. The molecule has 1 N–H and O–H groups in total. The van der Waals surface area contributed by atoms with Crippen molar-refractivity contribution >= 4 is 11.3 Å². The molecule has 2 aromatic rings. The van der Waals surface area contributed by atoms with Crippen molar-refractivity contribution in [3.63, 3.8) is 0 Å². The van der Waals surface area contributed by atoms with Gasteiger partial charge in [0, 0.05) is 22.1 Å². The normalized spacial score (nSPS) is 16.1. The number of nitrogens with zero attached hydrogens (tertiary/aromatic N) is 1. The molecule has 3 rings (SSSR count). The van der Waals surface area contributed by atoms with Gasteiger partial charge in [-0.25, -0.2) is 0 Å². The molecule has 2 aromatic heterocycles. The van der Waals surface area contributed by atoms with Gasteiger partial charge in [0.15, 0.2) is 0 Å². The van der Waals surface area contributed by atoms with Crippen molar-refractivity contribution in [2.45, 2.75) is 38.6 Å². The number of aromatic nitrogens is 1. The van der Waals surface area contributed by atoms with Gasteiger partial charge in [0.05, 0.1) is 6.04 Å². The Bertz CT molecular complexity index is 509. The fraction of sp³-hybridized carbons (Fsp3) is 0.438. The van der Waals surface area contributed by atoms with Crippen LogP contribution in [0, 0.1) is 0 Å². The van der Waals surface area contributed by atoms with E-state index in [9.17, 15) is 0 Å². The van der Waals surface area contributed by atoms with Crippen molar-refractivity contribution in [1.82, 2.24) is 10.3 Å². The van der Waals surface area contributed by atoms with Crippen molar-refractivity contribution in [2.75, 3.05) is 6.54 Å². The Morgan fingerprint density at radius 1 is 1.37 bits per heavy atom. The van der Waals surface area contributed by atoms with Crippen LogP contribution >= 0.6 is 11.3 Å². The summed E-state index contributed by atoms with van der Waals surface area (Å²) in [4.78, 5) is 7.31. The van der Waals surface area contributed by atoms with Gasteiger partial charge in [0.2, 0.25) is 0 Å². The zero-order chi connectivity index (χ0) is 13.1. The molecule has 0 saturated heterocycles. The maximum atomic E-state index is 4.26. The van der Waals surface area contributed by atoms with E-state index in [-0.39, 0.29) is 0 Å². The molecule has 0 radical (unpaired) electrons. The second-order valence-corrected chi connectivity index (χ2v) is 6.25. The molecule has 1 aliphatic rings. The Kier molecular flexibility index (Phi) is 3.95. The van der Waals surface area contributed by atoms with E-state index >= 15 is 0 Å². The van der Waals surface area contributed by atoms with Gasteiger partial charge in [-0.1, -0.05) is 13.0 Å². The number of aryl methyl sites for hydroxylation is 2. The highest BCUT2D eigenvalue weighted by atomic mass is 32.1. The molecule has 1 aliphatic carbocycles. The van der Waals surface area contributed by atoms with Gasteiger partial charge in [-0.15, -0.1) is 11.3 Å². The topological polar surface area (TPSA) is 24.9 Å². The quantitative estimate of drug-likeness (QED) is 0.917. The minimum atomic E-state index is 0.300. The Balaban J connectivity index is 1.94. The van der Waals surface area contributed by atoms with Crippen LogP contribution in [0.4, 0.5) is 0 Å². The molecule has 0 bridgehead atoms. The zero-order valence-corrected chi connectivity index (χ0v) is 12.2. The van der Waals surface area contributed by atoms with Crippen LogP contribution < -0.4 is 5.32 Å². The molecule has 100 valence electrons. The molecule has 1 atom stereocenters. The smallest absolute Gasteiger partial charge is 0.0686 e. The van der Waals surface area contributed by atoms with Crippen LogP contribution in [0.1, 0.15) is 46.7 Å². The van der Waals surface area contributed by atoms with E-state index in [1.54, 1.807) is 10.4 Å². The van der Waals surface area contributed by atoms with Crippen LogP contribution in [0.2, 0.25) is 0 Å². The van der Waals surface area contributed by atoms with E-state index in [0.717, 1.165) is 6.54 Å². The number of hydrogen-bond donors (Lipinski definition) is 1. The van der Waals surface area contributed by atoms with Crippen molar-refractivity contribution in [2.24, 2.45) is 0 Å². The lowest BCUT2D eigenvalue weighted by molar-refractivity contribution is 0.636. The lowest BCUT2D eigenvalue weighted by atomic mass is 9.98. The second kappa shape index (κ2) is 5.85. The van der Waals surface area contributed by atoms with Crippen LogP contribution in [0.25, 0.3) is 0 Å². The monoisotopic (exact) mass is 272 g/mol. The molecule has 0 aromatic carbocycles. The summed E-state index contributed by atoms with van der Waals surface area (Å²) in [6.07, 6.45) is 9.05. The largest absolute Gasteiger partial charge is 0.306 e. The van der Waals surface area contributed by atoms with Gasteiger partial charge in [0.1, 0.15) is 0 Å².